The van der Waals surface area contributed by atoms with E-state index in [9.17, 15) is 14.7 Å². The van der Waals surface area contributed by atoms with E-state index in [4.69, 9.17) is 4.42 Å². The van der Waals surface area contributed by atoms with Gasteiger partial charge in [-0.1, -0.05) is 24.3 Å². The average Bonchev–Trinajstić information content (AvgIpc) is 3.37. The summed E-state index contributed by atoms with van der Waals surface area (Å²) in [4.78, 5) is 27.5. The maximum absolute atomic E-state index is 12.9. The third-order valence-corrected chi connectivity index (χ3v) is 4.91. The first-order chi connectivity index (χ1) is 12.2. The van der Waals surface area contributed by atoms with Gasteiger partial charge in [0.15, 0.2) is 5.76 Å². The fourth-order valence-corrected chi connectivity index (χ4v) is 3.63. The normalized spacial score (nSPS) is 17.4. The van der Waals surface area contributed by atoms with Crippen molar-refractivity contribution >= 4 is 28.7 Å². The predicted molar refractivity (Wildman–Crippen MR) is 93.7 cm³/mol. The number of Topliss-reactive ketones (excluding diaryl/α,β-unsaturated/α-hetero) is 1. The molecule has 0 saturated heterocycles. The van der Waals surface area contributed by atoms with Crippen LogP contribution in [0.15, 0.2) is 82.0 Å². The van der Waals surface area contributed by atoms with Crippen molar-refractivity contribution < 1.29 is 19.1 Å². The number of furan rings is 1. The van der Waals surface area contributed by atoms with Crippen LogP contribution in [-0.2, 0) is 4.79 Å². The smallest absolute Gasteiger partial charge is 0.294 e. The quantitative estimate of drug-likeness (QED) is 0.718. The molecule has 2 aromatic heterocycles. The maximum Gasteiger partial charge on any atom is 0.294 e. The number of amides is 1. The number of para-hydroxylation sites is 1. The van der Waals surface area contributed by atoms with Crippen LogP contribution in [0.3, 0.4) is 0 Å². The SMILES string of the molecule is O=C(C1=C(O)C(=O)N(c2ccccc2)[C@@H]1c1ccco1)c1cccs1. The molecule has 1 atom stereocenters. The van der Waals surface area contributed by atoms with Gasteiger partial charge in [0.2, 0.25) is 5.78 Å². The van der Waals surface area contributed by atoms with Gasteiger partial charge in [-0.25, -0.2) is 0 Å². The Hall–Kier alpha value is -3.12. The van der Waals surface area contributed by atoms with Crippen LogP contribution >= 0.6 is 11.3 Å². The lowest BCUT2D eigenvalue weighted by atomic mass is 10.00. The lowest BCUT2D eigenvalue weighted by Crippen LogP contribution is -2.30. The van der Waals surface area contributed by atoms with Crippen LogP contribution in [0.1, 0.15) is 21.5 Å². The summed E-state index contributed by atoms with van der Waals surface area (Å²) in [5.74, 6) is -1.11. The molecule has 25 heavy (non-hydrogen) atoms. The van der Waals surface area contributed by atoms with Crippen molar-refractivity contribution in [3.63, 3.8) is 0 Å². The summed E-state index contributed by atoms with van der Waals surface area (Å²) >= 11 is 1.26. The fourth-order valence-electron chi connectivity index (χ4n) is 2.95. The summed E-state index contributed by atoms with van der Waals surface area (Å²) in [6.45, 7) is 0. The standard InChI is InChI=1S/C19H13NO4S/c21-17(14-9-5-11-25-14)15-16(13-8-4-10-24-13)20(19(23)18(15)22)12-6-2-1-3-7-12/h1-11,16,22H/t16-/m1/s1. The molecule has 1 aliphatic heterocycles. The van der Waals surface area contributed by atoms with Crippen LogP contribution < -0.4 is 4.90 Å². The molecule has 1 aliphatic rings. The monoisotopic (exact) mass is 351 g/mol. The molecule has 0 radical (unpaired) electrons. The molecular weight excluding hydrogens is 338 g/mol. The van der Waals surface area contributed by atoms with Crippen molar-refractivity contribution in [2.75, 3.05) is 4.90 Å². The highest BCUT2D eigenvalue weighted by molar-refractivity contribution is 7.12. The van der Waals surface area contributed by atoms with Gasteiger partial charge in [-0.2, -0.15) is 0 Å². The fraction of sp³-hybridized carbons (Fsp3) is 0.0526. The van der Waals surface area contributed by atoms with Crippen molar-refractivity contribution in [2.24, 2.45) is 0 Å². The van der Waals surface area contributed by atoms with Crippen LogP contribution in [0.2, 0.25) is 0 Å². The summed E-state index contributed by atoms with van der Waals surface area (Å²) in [6.07, 6.45) is 1.48. The number of carbonyl (C=O) groups is 2. The Morgan fingerprint density at radius 2 is 1.88 bits per heavy atom. The molecular formula is C19H13NO4S. The number of thiophene rings is 1. The number of hydrogen-bond donors (Lipinski definition) is 1. The molecule has 0 aliphatic carbocycles. The van der Waals surface area contributed by atoms with E-state index in [1.165, 1.54) is 22.5 Å². The van der Waals surface area contributed by atoms with Gasteiger partial charge in [0.05, 0.1) is 16.7 Å². The number of anilines is 1. The molecule has 0 saturated carbocycles. The third-order valence-electron chi connectivity index (χ3n) is 4.04. The number of rotatable bonds is 4. The Kier molecular flexibility index (Phi) is 3.74. The Balaban J connectivity index is 1.87. The molecule has 4 rings (SSSR count). The number of ketones is 1. The minimum Gasteiger partial charge on any atom is -0.503 e. The molecule has 1 N–H and O–H groups in total. The predicted octanol–water partition coefficient (Wildman–Crippen LogP) is 4.12. The Bertz CT molecular complexity index is 943. The van der Waals surface area contributed by atoms with E-state index in [0.29, 0.717) is 16.3 Å². The van der Waals surface area contributed by atoms with E-state index < -0.39 is 17.7 Å². The zero-order chi connectivity index (χ0) is 17.4. The van der Waals surface area contributed by atoms with Crippen molar-refractivity contribution in [3.05, 3.63) is 88.2 Å². The van der Waals surface area contributed by atoms with E-state index in [2.05, 4.69) is 0 Å². The number of aliphatic hydroxyl groups excluding tert-OH is 1. The second-order valence-corrected chi connectivity index (χ2v) is 6.45. The highest BCUT2D eigenvalue weighted by Crippen LogP contribution is 2.42. The van der Waals surface area contributed by atoms with Crippen molar-refractivity contribution in [1.82, 2.24) is 0 Å². The minimum atomic E-state index is -0.806. The van der Waals surface area contributed by atoms with Crippen LogP contribution in [0, 0.1) is 0 Å². The Morgan fingerprint density at radius 1 is 1.08 bits per heavy atom. The Morgan fingerprint density at radius 3 is 2.52 bits per heavy atom. The molecule has 0 fully saturated rings. The van der Waals surface area contributed by atoms with Crippen molar-refractivity contribution in [3.8, 4) is 0 Å². The average molecular weight is 351 g/mol. The van der Waals surface area contributed by atoms with Crippen LogP contribution in [-0.4, -0.2) is 16.8 Å². The van der Waals surface area contributed by atoms with Crippen LogP contribution in [0.4, 0.5) is 5.69 Å². The molecule has 1 amide bonds. The number of aliphatic hydroxyl groups is 1. The number of carbonyl (C=O) groups excluding carboxylic acids is 2. The zero-order valence-corrected chi connectivity index (χ0v) is 13.8. The van der Waals surface area contributed by atoms with Gasteiger partial charge < -0.3 is 9.52 Å². The van der Waals surface area contributed by atoms with Crippen LogP contribution in [0.5, 0.6) is 0 Å². The first-order valence-electron chi connectivity index (χ1n) is 7.62. The number of hydrogen-bond acceptors (Lipinski definition) is 5. The van der Waals surface area contributed by atoms with E-state index in [0.717, 1.165) is 0 Å². The summed E-state index contributed by atoms with van der Waals surface area (Å²) in [5, 5.41) is 12.2. The summed E-state index contributed by atoms with van der Waals surface area (Å²) < 4.78 is 5.48. The Labute approximate surface area is 147 Å². The molecule has 0 unspecified atom stereocenters. The first kappa shape index (κ1) is 15.4. The molecule has 3 aromatic rings. The molecule has 0 spiro atoms. The number of benzene rings is 1. The lowest BCUT2D eigenvalue weighted by molar-refractivity contribution is -0.117. The van der Waals surface area contributed by atoms with Gasteiger partial charge >= 0.3 is 0 Å². The largest absolute Gasteiger partial charge is 0.503 e. The maximum atomic E-state index is 12.9. The highest BCUT2D eigenvalue weighted by Gasteiger charge is 2.46. The summed E-state index contributed by atoms with van der Waals surface area (Å²) in [7, 11) is 0. The zero-order valence-electron chi connectivity index (χ0n) is 13.0. The molecule has 1 aromatic carbocycles. The summed E-state index contributed by atoms with van der Waals surface area (Å²) in [5.41, 5.74) is 0.612. The van der Waals surface area contributed by atoms with Crippen LogP contribution in [0.25, 0.3) is 0 Å². The highest BCUT2D eigenvalue weighted by atomic mass is 32.1. The van der Waals surface area contributed by atoms with Crippen molar-refractivity contribution in [2.45, 2.75) is 6.04 Å². The van der Waals surface area contributed by atoms with E-state index in [1.54, 1.807) is 53.9 Å². The molecule has 6 heteroatoms. The van der Waals surface area contributed by atoms with Gasteiger partial charge in [0, 0.05) is 5.69 Å². The molecule has 0 bridgehead atoms. The second kappa shape index (κ2) is 6.07. The van der Waals surface area contributed by atoms with E-state index in [1.807, 2.05) is 6.07 Å². The first-order valence-corrected chi connectivity index (χ1v) is 8.50. The van der Waals surface area contributed by atoms with Gasteiger partial charge in [-0.05, 0) is 35.7 Å². The van der Waals surface area contributed by atoms with Gasteiger partial charge in [0.25, 0.3) is 5.91 Å². The van der Waals surface area contributed by atoms with E-state index >= 15 is 0 Å². The van der Waals surface area contributed by atoms with Gasteiger partial charge in [0.1, 0.15) is 11.8 Å². The molecule has 124 valence electrons. The topological polar surface area (TPSA) is 70.8 Å². The van der Waals surface area contributed by atoms with Gasteiger partial charge in [-0.3, -0.25) is 14.5 Å². The molecule has 5 nitrogen and oxygen atoms in total. The third kappa shape index (κ3) is 2.47. The second-order valence-electron chi connectivity index (χ2n) is 5.50. The number of nitrogens with zero attached hydrogens (tertiary/aromatic N) is 1. The van der Waals surface area contributed by atoms with E-state index in [-0.39, 0.29) is 11.4 Å². The van der Waals surface area contributed by atoms with Gasteiger partial charge in [-0.15, -0.1) is 11.3 Å². The lowest BCUT2D eigenvalue weighted by Gasteiger charge is -2.24. The van der Waals surface area contributed by atoms with Crippen molar-refractivity contribution in [1.29, 1.82) is 0 Å². The minimum absolute atomic E-state index is 0.0336. The molecule has 3 heterocycles. The summed E-state index contributed by atoms with van der Waals surface area (Å²) in [6, 6.07) is 14.9.